The maximum Gasteiger partial charge on any atom is 0.358 e. The van der Waals surface area contributed by atoms with E-state index in [4.69, 9.17) is 4.74 Å². The lowest BCUT2D eigenvalue weighted by atomic mass is 10.1. The van der Waals surface area contributed by atoms with Gasteiger partial charge in [-0.3, -0.25) is 4.79 Å². The van der Waals surface area contributed by atoms with Crippen LogP contribution in [0.4, 0.5) is 0 Å². The van der Waals surface area contributed by atoms with Crippen LogP contribution in [0.15, 0.2) is 83.3 Å². The summed E-state index contributed by atoms with van der Waals surface area (Å²) in [7, 11) is 0. The van der Waals surface area contributed by atoms with Crippen molar-refractivity contribution in [2.45, 2.75) is 33.2 Å². The molecule has 36 heavy (non-hydrogen) atoms. The first-order chi connectivity index (χ1) is 17.4. The second kappa shape index (κ2) is 11.4. The fourth-order valence-corrected chi connectivity index (χ4v) is 4.13. The van der Waals surface area contributed by atoms with Crippen LogP contribution in [0.3, 0.4) is 0 Å². The molecular formula is C29H28BrN3O3. The number of rotatable bonds is 8. The van der Waals surface area contributed by atoms with Crippen LogP contribution in [-0.2, 0) is 11.2 Å². The molecule has 1 heterocycles. The zero-order valence-electron chi connectivity index (χ0n) is 20.5. The maximum atomic E-state index is 12.9. The Kier molecular flexibility index (Phi) is 8.00. The van der Waals surface area contributed by atoms with Gasteiger partial charge in [-0.2, -0.15) is 5.10 Å². The molecule has 0 saturated carbocycles. The Balaban J connectivity index is 1.60. The van der Waals surface area contributed by atoms with Crippen molar-refractivity contribution in [2.24, 2.45) is 0 Å². The molecule has 0 fully saturated rings. The number of aromatic nitrogens is 2. The fourth-order valence-electron chi connectivity index (χ4n) is 3.87. The Bertz CT molecular complexity index is 1340. The normalized spacial score (nSPS) is 11.7. The van der Waals surface area contributed by atoms with Crippen molar-refractivity contribution in [1.82, 2.24) is 15.1 Å². The quantitative estimate of drug-likeness (QED) is 0.255. The highest BCUT2D eigenvalue weighted by atomic mass is 79.9. The van der Waals surface area contributed by atoms with E-state index in [1.165, 1.54) is 5.56 Å². The third kappa shape index (κ3) is 5.74. The molecule has 0 aliphatic carbocycles. The van der Waals surface area contributed by atoms with E-state index in [-0.39, 0.29) is 24.2 Å². The molecule has 0 aliphatic rings. The minimum Gasteiger partial charge on any atom is -0.461 e. The van der Waals surface area contributed by atoms with Crippen LogP contribution < -0.4 is 5.32 Å². The summed E-state index contributed by atoms with van der Waals surface area (Å²) in [6, 6.07) is 24.8. The van der Waals surface area contributed by atoms with Gasteiger partial charge in [0.2, 0.25) is 0 Å². The van der Waals surface area contributed by atoms with Crippen LogP contribution in [0.2, 0.25) is 0 Å². The molecule has 1 amide bonds. The highest BCUT2D eigenvalue weighted by molar-refractivity contribution is 9.10. The molecule has 4 rings (SSSR count). The summed E-state index contributed by atoms with van der Waals surface area (Å²) in [5.41, 5.74) is 5.44. The molecule has 0 aliphatic heterocycles. The van der Waals surface area contributed by atoms with Gasteiger partial charge in [0.1, 0.15) is 0 Å². The summed E-state index contributed by atoms with van der Waals surface area (Å²) in [4.78, 5) is 25.3. The number of halogens is 1. The number of benzene rings is 3. The minimum absolute atomic E-state index is 0.138. The minimum atomic E-state index is -0.472. The molecule has 4 aromatic rings. The molecule has 0 bridgehead atoms. The van der Waals surface area contributed by atoms with Gasteiger partial charge < -0.3 is 10.1 Å². The number of esters is 1. The van der Waals surface area contributed by atoms with E-state index < -0.39 is 5.97 Å². The van der Waals surface area contributed by atoms with E-state index in [0.29, 0.717) is 5.56 Å². The average molecular weight is 546 g/mol. The van der Waals surface area contributed by atoms with E-state index in [9.17, 15) is 9.59 Å². The molecule has 1 aromatic heterocycles. The number of hydrogen-bond donors (Lipinski definition) is 1. The van der Waals surface area contributed by atoms with Crippen LogP contribution in [0.25, 0.3) is 16.9 Å². The van der Waals surface area contributed by atoms with Crippen LogP contribution in [0.1, 0.15) is 58.8 Å². The van der Waals surface area contributed by atoms with Crippen molar-refractivity contribution in [1.29, 1.82) is 0 Å². The lowest BCUT2D eigenvalue weighted by Crippen LogP contribution is -2.26. The summed E-state index contributed by atoms with van der Waals surface area (Å²) in [6.45, 7) is 6.09. The molecule has 6 nitrogen and oxygen atoms in total. The number of carbonyl (C=O) groups excluding carboxylic acids is 2. The topological polar surface area (TPSA) is 73.2 Å². The Morgan fingerprint density at radius 3 is 2.25 bits per heavy atom. The monoisotopic (exact) mass is 545 g/mol. The number of ether oxygens (including phenoxy) is 1. The van der Waals surface area contributed by atoms with E-state index >= 15 is 0 Å². The second-order valence-electron chi connectivity index (χ2n) is 8.39. The molecule has 1 N–H and O–H groups in total. The van der Waals surface area contributed by atoms with E-state index in [1.54, 1.807) is 29.8 Å². The molecule has 1 atom stereocenters. The summed E-state index contributed by atoms with van der Waals surface area (Å²) >= 11 is 3.43. The SMILES string of the molecule is CCOC(=O)c1cc(-c2ccc(CC)cc2)n(-c2ccc(C(=O)N[C@@H](C)c3ccc(Br)cc3)cc2)n1. The van der Waals surface area contributed by atoms with Crippen molar-refractivity contribution in [3.8, 4) is 16.9 Å². The van der Waals surface area contributed by atoms with Gasteiger partial charge in [-0.25, -0.2) is 9.48 Å². The van der Waals surface area contributed by atoms with Crippen molar-refractivity contribution in [3.05, 3.63) is 106 Å². The third-order valence-electron chi connectivity index (χ3n) is 5.94. The first-order valence-electron chi connectivity index (χ1n) is 11.9. The molecular weight excluding hydrogens is 518 g/mol. The fraction of sp³-hybridized carbons (Fsp3) is 0.207. The number of carbonyl (C=O) groups is 2. The first-order valence-corrected chi connectivity index (χ1v) is 12.7. The van der Waals surface area contributed by atoms with Gasteiger partial charge >= 0.3 is 5.97 Å². The van der Waals surface area contributed by atoms with Crippen LogP contribution in [0.5, 0.6) is 0 Å². The predicted molar refractivity (Wildman–Crippen MR) is 144 cm³/mol. The molecule has 184 valence electrons. The number of hydrogen-bond acceptors (Lipinski definition) is 4. The number of nitrogens with one attached hydrogen (secondary N) is 1. The Labute approximate surface area is 219 Å². The molecule has 0 saturated heterocycles. The molecule has 0 unspecified atom stereocenters. The van der Waals surface area contributed by atoms with E-state index in [0.717, 1.165) is 33.4 Å². The predicted octanol–water partition coefficient (Wildman–Crippen LogP) is 6.53. The number of nitrogens with zero attached hydrogens (tertiary/aromatic N) is 2. The van der Waals surface area contributed by atoms with E-state index in [1.807, 2.05) is 55.5 Å². The average Bonchev–Trinajstić information content (AvgIpc) is 3.35. The summed E-state index contributed by atoms with van der Waals surface area (Å²) in [6.07, 6.45) is 0.942. The number of aryl methyl sites for hydroxylation is 1. The Morgan fingerprint density at radius 2 is 1.64 bits per heavy atom. The summed E-state index contributed by atoms with van der Waals surface area (Å²) in [5, 5.41) is 7.56. The highest BCUT2D eigenvalue weighted by Gasteiger charge is 2.18. The van der Waals surface area contributed by atoms with Gasteiger partial charge in [-0.05, 0) is 73.9 Å². The van der Waals surface area contributed by atoms with Crippen molar-refractivity contribution in [3.63, 3.8) is 0 Å². The third-order valence-corrected chi connectivity index (χ3v) is 6.47. The van der Waals surface area contributed by atoms with Crippen molar-refractivity contribution < 1.29 is 14.3 Å². The van der Waals surface area contributed by atoms with Crippen molar-refractivity contribution in [2.75, 3.05) is 6.61 Å². The molecule has 0 spiro atoms. The summed E-state index contributed by atoms with van der Waals surface area (Å²) < 4.78 is 7.86. The van der Waals surface area contributed by atoms with Gasteiger partial charge in [0.25, 0.3) is 5.91 Å². The van der Waals surface area contributed by atoms with Crippen LogP contribution in [0, 0.1) is 0 Å². The zero-order chi connectivity index (χ0) is 25.7. The van der Waals surface area contributed by atoms with Crippen LogP contribution in [-0.4, -0.2) is 28.3 Å². The molecule has 3 aromatic carbocycles. The first kappa shape index (κ1) is 25.4. The highest BCUT2D eigenvalue weighted by Crippen LogP contribution is 2.26. The van der Waals surface area contributed by atoms with Gasteiger partial charge in [-0.1, -0.05) is 59.3 Å². The van der Waals surface area contributed by atoms with Crippen molar-refractivity contribution >= 4 is 27.8 Å². The molecule has 0 radical (unpaired) electrons. The molecule has 7 heteroatoms. The van der Waals surface area contributed by atoms with E-state index in [2.05, 4.69) is 45.4 Å². The lowest BCUT2D eigenvalue weighted by Gasteiger charge is -2.15. The van der Waals surface area contributed by atoms with Gasteiger partial charge in [0.05, 0.1) is 24.0 Å². The Hall–Kier alpha value is -3.71. The lowest BCUT2D eigenvalue weighted by molar-refractivity contribution is 0.0518. The largest absolute Gasteiger partial charge is 0.461 e. The van der Waals surface area contributed by atoms with Gasteiger partial charge in [0, 0.05) is 15.6 Å². The standard InChI is InChI=1S/C29H28BrN3O3/c1-4-20-6-8-22(9-7-20)27-18-26(29(35)36-5-2)32-33(27)25-16-12-23(13-17-25)28(34)31-19(3)21-10-14-24(30)15-11-21/h6-19H,4-5H2,1-3H3,(H,31,34)/t19-/m0/s1. The summed E-state index contributed by atoms with van der Waals surface area (Å²) in [5.74, 6) is -0.638. The van der Waals surface area contributed by atoms with Gasteiger partial charge in [0.15, 0.2) is 5.69 Å². The maximum absolute atomic E-state index is 12.9. The Morgan fingerprint density at radius 1 is 0.972 bits per heavy atom. The zero-order valence-corrected chi connectivity index (χ0v) is 22.1. The van der Waals surface area contributed by atoms with Gasteiger partial charge in [-0.15, -0.1) is 0 Å². The second-order valence-corrected chi connectivity index (χ2v) is 9.31. The number of amides is 1. The smallest absolute Gasteiger partial charge is 0.358 e. The van der Waals surface area contributed by atoms with Crippen LogP contribution >= 0.6 is 15.9 Å².